The number of methoxy groups -OCH3 is 1. The zero-order chi connectivity index (χ0) is 14.5. The first-order valence-electron chi connectivity index (χ1n) is 6.10. The maximum atomic E-state index is 5.69. The SMILES string of the molecule is CCNc1cc(Nc2cc(Br)cc(OC)c2)nc(N)n1. The van der Waals surface area contributed by atoms with Gasteiger partial charge in [0.25, 0.3) is 0 Å². The van der Waals surface area contributed by atoms with Crippen LogP contribution in [0.2, 0.25) is 0 Å². The van der Waals surface area contributed by atoms with E-state index in [1.54, 1.807) is 13.2 Å². The maximum Gasteiger partial charge on any atom is 0.223 e. The topological polar surface area (TPSA) is 85.1 Å². The van der Waals surface area contributed by atoms with Crippen molar-refractivity contribution in [1.82, 2.24) is 9.97 Å². The number of hydrogen-bond donors (Lipinski definition) is 3. The van der Waals surface area contributed by atoms with Gasteiger partial charge in [0, 0.05) is 28.8 Å². The fourth-order valence-electron chi connectivity index (χ4n) is 1.70. The van der Waals surface area contributed by atoms with E-state index in [-0.39, 0.29) is 5.95 Å². The Kier molecular flexibility index (Phi) is 4.62. The normalized spacial score (nSPS) is 10.2. The van der Waals surface area contributed by atoms with Gasteiger partial charge in [-0.3, -0.25) is 0 Å². The molecule has 0 spiro atoms. The van der Waals surface area contributed by atoms with Crippen molar-refractivity contribution in [2.24, 2.45) is 0 Å². The molecule has 20 heavy (non-hydrogen) atoms. The fourth-order valence-corrected chi connectivity index (χ4v) is 2.17. The highest BCUT2D eigenvalue weighted by Crippen LogP contribution is 2.27. The van der Waals surface area contributed by atoms with Crippen molar-refractivity contribution in [3.8, 4) is 5.75 Å². The highest BCUT2D eigenvalue weighted by molar-refractivity contribution is 9.10. The van der Waals surface area contributed by atoms with Gasteiger partial charge >= 0.3 is 0 Å². The van der Waals surface area contributed by atoms with Crippen LogP contribution in [0.4, 0.5) is 23.3 Å². The van der Waals surface area contributed by atoms with E-state index in [0.717, 1.165) is 22.5 Å². The smallest absolute Gasteiger partial charge is 0.223 e. The molecule has 106 valence electrons. The van der Waals surface area contributed by atoms with Crippen LogP contribution in [0.3, 0.4) is 0 Å². The molecule has 2 aromatic rings. The molecule has 0 amide bonds. The number of anilines is 4. The van der Waals surface area contributed by atoms with Gasteiger partial charge in [-0.05, 0) is 19.1 Å². The third kappa shape index (κ3) is 3.74. The monoisotopic (exact) mass is 337 g/mol. The minimum atomic E-state index is 0.216. The largest absolute Gasteiger partial charge is 0.497 e. The van der Waals surface area contributed by atoms with Crippen molar-refractivity contribution < 1.29 is 4.74 Å². The Morgan fingerprint density at radius 2 is 1.95 bits per heavy atom. The summed E-state index contributed by atoms with van der Waals surface area (Å²) in [5, 5.41) is 6.28. The lowest BCUT2D eigenvalue weighted by Gasteiger charge is -2.10. The van der Waals surface area contributed by atoms with Gasteiger partial charge in [-0.2, -0.15) is 9.97 Å². The zero-order valence-electron chi connectivity index (χ0n) is 11.3. The van der Waals surface area contributed by atoms with E-state index in [1.165, 1.54) is 0 Å². The molecule has 2 rings (SSSR count). The van der Waals surface area contributed by atoms with Crippen LogP contribution >= 0.6 is 15.9 Å². The molecule has 1 aromatic heterocycles. The Bertz CT molecular complexity index is 605. The minimum Gasteiger partial charge on any atom is -0.497 e. The summed E-state index contributed by atoms with van der Waals surface area (Å²) >= 11 is 3.43. The Morgan fingerprint density at radius 1 is 1.20 bits per heavy atom. The number of nitrogens with one attached hydrogen (secondary N) is 2. The number of nitrogens with zero attached hydrogens (tertiary/aromatic N) is 2. The minimum absolute atomic E-state index is 0.216. The van der Waals surface area contributed by atoms with Crippen molar-refractivity contribution in [3.05, 3.63) is 28.7 Å². The molecule has 4 N–H and O–H groups in total. The average molecular weight is 338 g/mol. The number of rotatable bonds is 5. The van der Waals surface area contributed by atoms with Gasteiger partial charge in [0.05, 0.1) is 7.11 Å². The molecule has 6 nitrogen and oxygen atoms in total. The summed E-state index contributed by atoms with van der Waals surface area (Å²) in [4.78, 5) is 8.25. The second-order valence-electron chi connectivity index (χ2n) is 4.03. The molecule has 1 aromatic carbocycles. The summed E-state index contributed by atoms with van der Waals surface area (Å²) in [5.41, 5.74) is 6.54. The third-order valence-corrected chi connectivity index (χ3v) is 2.94. The van der Waals surface area contributed by atoms with E-state index >= 15 is 0 Å². The number of ether oxygens (including phenoxy) is 1. The van der Waals surface area contributed by atoms with E-state index in [4.69, 9.17) is 10.5 Å². The van der Waals surface area contributed by atoms with Crippen molar-refractivity contribution in [2.45, 2.75) is 6.92 Å². The summed E-state index contributed by atoms with van der Waals surface area (Å²) in [7, 11) is 1.62. The lowest BCUT2D eigenvalue weighted by Crippen LogP contribution is -2.05. The summed E-state index contributed by atoms with van der Waals surface area (Å²) in [6.45, 7) is 2.76. The second-order valence-corrected chi connectivity index (χ2v) is 4.95. The van der Waals surface area contributed by atoms with Gasteiger partial charge in [0.1, 0.15) is 17.4 Å². The van der Waals surface area contributed by atoms with Crippen LogP contribution in [0.1, 0.15) is 6.92 Å². The Hall–Kier alpha value is -2.02. The Morgan fingerprint density at radius 3 is 2.65 bits per heavy atom. The number of nitrogen functional groups attached to an aromatic ring is 1. The number of benzene rings is 1. The highest BCUT2D eigenvalue weighted by atomic mass is 79.9. The molecule has 0 saturated heterocycles. The van der Waals surface area contributed by atoms with Gasteiger partial charge < -0.3 is 21.1 Å². The van der Waals surface area contributed by atoms with E-state index in [9.17, 15) is 0 Å². The van der Waals surface area contributed by atoms with Crippen molar-refractivity contribution in [2.75, 3.05) is 30.0 Å². The van der Waals surface area contributed by atoms with Crippen LogP contribution in [0.5, 0.6) is 5.75 Å². The molecular weight excluding hydrogens is 322 g/mol. The molecule has 0 bridgehead atoms. The summed E-state index contributed by atoms with van der Waals surface area (Å²) in [6, 6.07) is 7.47. The first-order valence-corrected chi connectivity index (χ1v) is 6.90. The molecule has 0 aliphatic rings. The van der Waals surface area contributed by atoms with Gasteiger partial charge in [-0.1, -0.05) is 15.9 Å². The predicted molar refractivity (Wildman–Crippen MR) is 84.6 cm³/mol. The summed E-state index contributed by atoms with van der Waals surface area (Å²) in [6.07, 6.45) is 0. The van der Waals surface area contributed by atoms with E-state index in [0.29, 0.717) is 11.6 Å². The van der Waals surface area contributed by atoms with Crippen molar-refractivity contribution in [3.63, 3.8) is 0 Å². The van der Waals surface area contributed by atoms with E-state index in [1.807, 2.05) is 25.1 Å². The third-order valence-electron chi connectivity index (χ3n) is 2.48. The maximum absolute atomic E-state index is 5.69. The van der Waals surface area contributed by atoms with Gasteiger partial charge in [-0.25, -0.2) is 0 Å². The van der Waals surface area contributed by atoms with E-state index in [2.05, 4.69) is 36.5 Å². The number of halogens is 1. The van der Waals surface area contributed by atoms with Crippen LogP contribution in [0.25, 0.3) is 0 Å². The Balaban J connectivity index is 2.27. The lowest BCUT2D eigenvalue weighted by atomic mass is 10.3. The van der Waals surface area contributed by atoms with Crippen LogP contribution in [0.15, 0.2) is 28.7 Å². The lowest BCUT2D eigenvalue weighted by molar-refractivity contribution is 0.415. The van der Waals surface area contributed by atoms with E-state index < -0.39 is 0 Å². The average Bonchev–Trinajstić information content (AvgIpc) is 2.37. The summed E-state index contributed by atoms with van der Waals surface area (Å²) < 4.78 is 6.13. The molecule has 0 saturated carbocycles. The molecular formula is C13H16BrN5O. The van der Waals surface area contributed by atoms with Gasteiger partial charge in [0.2, 0.25) is 5.95 Å². The molecule has 0 radical (unpaired) electrons. The van der Waals surface area contributed by atoms with Crippen LogP contribution in [-0.4, -0.2) is 23.6 Å². The molecule has 0 fully saturated rings. The molecule has 0 aliphatic heterocycles. The Labute approximate surface area is 125 Å². The molecule has 0 aliphatic carbocycles. The molecule has 0 unspecified atom stereocenters. The second kappa shape index (κ2) is 6.42. The van der Waals surface area contributed by atoms with Gasteiger partial charge in [0.15, 0.2) is 0 Å². The first-order chi connectivity index (χ1) is 9.60. The zero-order valence-corrected chi connectivity index (χ0v) is 12.9. The number of aromatic nitrogens is 2. The summed E-state index contributed by atoms with van der Waals surface area (Å²) in [5.74, 6) is 2.27. The predicted octanol–water partition coefficient (Wildman–Crippen LogP) is 3.01. The van der Waals surface area contributed by atoms with Crippen molar-refractivity contribution >= 4 is 39.2 Å². The first kappa shape index (κ1) is 14.4. The van der Waals surface area contributed by atoms with Crippen LogP contribution < -0.4 is 21.1 Å². The fraction of sp³-hybridized carbons (Fsp3) is 0.231. The van der Waals surface area contributed by atoms with Crippen LogP contribution in [-0.2, 0) is 0 Å². The van der Waals surface area contributed by atoms with Crippen molar-refractivity contribution in [1.29, 1.82) is 0 Å². The number of hydrogen-bond acceptors (Lipinski definition) is 6. The van der Waals surface area contributed by atoms with Crippen LogP contribution in [0, 0.1) is 0 Å². The quantitative estimate of drug-likeness (QED) is 0.777. The van der Waals surface area contributed by atoms with Gasteiger partial charge in [-0.15, -0.1) is 0 Å². The molecule has 0 atom stereocenters. The number of nitrogens with two attached hydrogens (primary N) is 1. The highest BCUT2D eigenvalue weighted by Gasteiger charge is 2.04. The molecule has 1 heterocycles. The molecule has 7 heteroatoms. The standard InChI is InChI=1S/C13H16BrN5O/c1-3-16-11-7-12(19-13(15)18-11)17-9-4-8(14)5-10(6-9)20-2/h4-7H,3H2,1-2H3,(H4,15,16,17,18,19).